The molecular formula is C11H12N4O2. The summed E-state index contributed by atoms with van der Waals surface area (Å²) in [6, 6.07) is 5.52. The molecule has 88 valence electrons. The molecule has 6 nitrogen and oxygen atoms in total. The van der Waals surface area contributed by atoms with Crippen LogP contribution in [-0.4, -0.2) is 32.7 Å². The molecule has 2 rings (SSSR count). The summed E-state index contributed by atoms with van der Waals surface area (Å²) in [4.78, 5) is 19.7. The van der Waals surface area contributed by atoms with Gasteiger partial charge in [-0.2, -0.15) is 10.1 Å². The molecule has 0 unspecified atom stereocenters. The number of rotatable bonds is 3. The standard InChI is InChI=1S/C11H12N4O2/c1-3-17-11(16)10-13-9(14-15-10)8-6-4-5-7(2)12-8/h4-6H,3H2,1-2H3,(H,13,14,15). The smallest absolute Gasteiger partial charge is 0.375 e. The number of carbonyl (C=O) groups is 1. The van der Waals surface area contributed by atoms with Crippen LogP contribution in [0.4, 0.5) is 0 Å². The third-order valence-corrected chi connectivity index (χ3v) is 2.07. The van der Waals surface area contributed by atoms with Crippen molar-refractivity contribution in [2.24, 2.45) is 0 Å². The minimum atomic E-state index is -0.515. The van der Waals surface area contributed by atoms with E-state index in [0.29, 0.717) is 18.1 Å². The summed E-state index contributed by atoms with van der Waals surface area (Å²) in [5, 5.41) is 6.46. The van der Waals surface area contributed by atoms with Crippen LogP contribution in [-0.2, 0) is 4.74 Å². The highest BCUT2D eigenvalue weighted by atomic mass is 16.5. The predicted octanol–water partition coefficient (Wildman–Crippen LogP) is 1.35. The molecule has 17 heavy (non-hydrogen) atoms. The van der Waals surface area contributed by atoms with Gasteiger partial charge in [0.1, 0.15) is 5.69 Å². The van der Waals surface area contributed by atoms with E-state index in [0.717, 1.165) is 5.69 Å². The zero-order chi connectivity index (χ0) is 12.3. The van der Waals surface area contributed by atoms with Gasteiger partial charge in [0.05, 0.1) is 6.61 Å². The van der Waals surface area contributed by atoms with Gasteiger partial charge in [0.25, 0.3) is 0 Å². The molecule has 0 spiro atoms. The van der Waals surface area contributed by atoms with E-state index in [1.807, 2.05) is 19.1 Å². The number of carbonyl (C=O) groups excluding carboxylic acids is 1. The molecule has 0 atom stereocenters. The molecule has 2 aromatic rings. The van der Waals surface area contributed by atoms with Crippen LogP contribution < -0.4 is 0 Å². The van der Waals surface area contributed by atoms with Gasteiger partial charge in [-0.3, -0.25) is 5.10 Å². The first-order valence-electron chi connectivity index (χ1n) is 5.24. The summed E-state index contributed by atoms with van der Waals surface area (Å²) in [5.41, 5.74) is 1.49. The molecule has 2 aromatic heterocycles. The van der Waals surface area contributed by atoms with Gasteiger partial charge < -0.3 is 4.74 Å². The fourth-order valence-electron chi connectivity index (χ4n) is 1.33. The highest BCUT2D eigenvalue weighted by molar-refractivity contribution is 5.85. The maximum absolute atomic E-state index is 11.4. The van der Waals surface area contributed by atoms with Gasteiger partial charge in [-0.05, 0) is 26.0 Å². The molecule has 0 saturated carbocycles. The van der Waals surface area contributed by atoms with Gasteiger partial charge >= 0.3 is 5.97 Å². The largest absolute Gasteiger partial charge is 0.460 e. The fourth-order valence-corrected chi connectivity index (χ4v) is 1.33. The molecule has 0 saturated heterocycles. The number of aromatic nitrogens is 4. The van der Waals surface area contributed by atoms with Crippen molar-refractivity contribution < 1.29 is 9.53 Å². The third-order valence-electron chi connectivity index (χ3n) is 2.07. The predicted molar refractivity (Wildman–Crippen MR) is 60.3 cm³/mol. The lowest BCUT2D eigenvalue weighted by Gasteiger charge is -1.96. The van der Waals surface area contributed by atoms with Gasteiger partial charge in [-0.15, -0.1) is 0 Å². The Balaban J connectivity index is 2.27. The lowest BCUT2D eigenvalue weighted by Crippen LogP contribution is -2.06. The average molecular weight is 232 g/mol. The van der Waals surface area contributed by atoms with Crippen molar-refractivity contribution in [3.8, 4) is 11.5 Å². The average Bonchev–Trinajstić information content (AvgIpc) is 2.78. The first-order chi connectivity index (χ1) is 8.20. The number of hydrogen-bond acceptors (Lipinski definition) is 5. The number of aryl methyl sites for hydroxylation is 1. The fraction of sp³-hybridized carbons (Fsp3) is 0.273. The van der Waals surface area contributed by atoms with E-state index < -0.39 is 5.97 Å². The van der Waals surface area contributed by atoms with Crippen molar-refractivity contribution in [1.29, 1.82) is 0 Å². The van der Waals surface area contributed by atoms with Crippen molar-refractivity contribution in [2.75, 3.05) is 6.61 Å². The Morgan fingerprint density at radius 2 is 2.24 bits per heavy atom. The van der Waals surface area contributed by atoms with Crippen LogP contribution in [0.2, 0.25) is 0 Å². The van der Waals surface area contributed by atoms with Crippen molar-refractivity contribution in [3.63, 3.8) is 0 Å². The monoisotopic (exact) mass is 232 g/mol. The van der Waals surface area contributed by atoms with E-state index >= 15 is 0 Å². The summed E-state index contributed by atoms with van der Waals surface area (Å²) in [6.07, 6.45) is 0. The van der Waals surface area contributed by atoms with Crippen LogP contribution in [0.1, 0.15) is 23.2 Å². The molecule has 0 amide bonds. The summed E-state index contributed by atoms with van der Waals surface area (Å²) in [6.45, 7) is 3.91. The number of nitrogens with zero attached hydrogens (tertiary/aromatic N) is 3. The summed E-state index contributed by atoms with van der Waals surface area (Å²) >= 11 is 0. The van der Waals surface area contributed by atoms with E-state index in [-0.39, 0.29) is 5.82 Å². The zero-order valence-corrected chi connectivity index (χ0v) is 9.60. The van der Waals surface area contributed by atoms with Crippen LogP contribution in [0.3, 0.4) is 0 Å². The number of hydrogen-bond donors (Lipinski definition) is 1. The lowest BCUT2D eigenvalue weighted by atomic mass is 10.3. The van der Waals surface area contributed by atoms with Crippen molar-refractivity contribution >= 4 is 5.97 Å². The highest BCUT2D eigenvalue weighted by Gasteiger charge is 2.14. The molecular weight excluding hydrogens is 220 g/mol. The number of ether oxygens (including phenoxy) is 1. The first-order valence-corrected chi connectivity index (χ1v) is 5.24. The minimum Gasteiger partial charge on any atom is -0.460 e. The second-order valence-electron chi connectivity index (χ2n) is 3.39. The van der Waals surface area contributed by atoms with Crippen LogP contribution >= 0.6 is 0 Å². The molecule has 0 aliphatic heterocycles. The Hall–Kier alpha value is -2.24. The highest BCUT2D eigenvalue weighted by Crippen LogP contribution is 2.11. The molecule has 2 heterocycles. The SMILES string of the molecule is CCOC(=O)c1nc(-c2cccc(C)n2)n[nH]1. The topological polar surface area (TPSA) is 80.8 Å². The number of esters is 1. The molecule has 1 N–H and O–H groups in total. The quantitative estimate of drug-likeness (QED) is 0.808. The number of pyridine rings is 1. The Kier molecular flexibility index (Phi) is 3.13. The van der Waals surface area contributed by atoms with Gasteiger partial charge in [-0.1, -0.05) is 6.07 Å². The number of aromatic amines is 1. The van der Waals surface area contributed by atoms with Crippen molar-refractivity contribution in [2.45, 2.75) is 13.8 Å². The second kappa shape index (κ2) is 4.73. The van der Waals surface area contributed by atoms with Crippen molar-refractivity contribution in [1.82, 2.24) is 20.2 Å². The van der Waals surface area contributed by atoms with E-state index in [2.05, 4.69) is 20.2 Å². The van der Waals surface area contributed by atoms with Gasteiger partial charge in [-0.25, -0.2) is 9.78 Å². The Bertz CT molecular complexity index is 536. The number of H-pyrrole nitrogens is 1. The second-order valence-corrected chi connectivity index (χ2v) is 3.39. The zero-order valence-electron chi connectivity index (χ0n) is 9.60. The van der Waals surface area contributed by atoms with Crippen LogP contribution in [0, 0.1) is 6.92 Å². The molecule has 0 fully saturated rings. The molecule has 0 bridgehead atoms. The minimum absolute atomic E-state index is 0.0881. The number of nitrogens with one attached hydrogen (secondary N) is 1. The van der Waals surface area contributed by atoms with Gasteiger partial charge in [0.15, 0.2) is 5.82 Å². The van der Waals surface area contributed by atoms with E-state index in [1.165, 1.54) is 0 Å². The summed E-state index contributed by atoms with van der Waals surface area (Å²) < 4.78 is 4.81. The maximum Gasteiger partial charge on any atom is 0.375 e. The molecule has 6 heteroatoms. The van der Waals surface area contributed by atoms with Gasteiger partial charge in [0.2, 0.25) is 5.82 Å². The van der Waals surface area contributed by atoms with E-state index in [1.54, 1.807) is 13.0 Å². The van der Waals surface area contributed by atoms with Gasteiger partial charge in [0, 0.05) is 5.69 Å². The molecule has 0 radical (unpaired) electrons. The van der Waals surface area contributed by atoms with E-state index in [9.17, 15) is 4.79 Å². The van der Waals surface area contributed by atoms with Crippen LogP contribution in [0.15, 0.2) is 18.2 Å². The Morgan fingerprint density at radius 3 is 2.94 bits per heavy atom. The summed E-state index contributed by atoms with van der Waals surface area (Å²) in [5.74, 6) is -0.0409. The normalized spacial score (nSPS) is 10.2. The molecule has 0 aromatic carbocycles. The Morgan fingerprint density at radius 1 is 1.41 bits per heavy atom. The lowest BCUT2D eigenvalue weighted by molar-refractivity contribution is 0.0512. The third kappa shape index (κ3) is 2.47. The molecule has 0 aliphatic rings. The maximum atomic E-state index is 11.4. The van der Waals surface area contributed by atoms with Crippen LogP contribution in [0.5, 0.6) is 0 Å². The summed E-state index contributed by atoms with van der Waals surface area (Å²) in [7, 11) is 0. The molecule has 0 aliphatic carbocycles. The Labute approximate surface area is 98.1 Å². The first kappa shape index (κ1) is 11.3. The van der Waals surface area contributed by atoms with E-state index in [4.69, 9.17) is 4.74 Å². The van der Waals surface area contributed by atoms with Crippen molar-refractivity contribution in [3.05, 3.63) is 29.7 Å². The van der Waals surface area contributed by atoms with Crippen LogP contribution in [0.25, 0.3) is 11.5 Å².